The first-order valence-electron chi connectivity index (χ1n) is 4.23. The predicted octanol–water partition coefficient (Wildman–Crippen LogP) is 3.35. The summed E-state index contributed by atoms with van der Waals surface area (Å²) in [6, 6.07) is 0. The van der Waals surface area contributed by atoms with Gasteiger partial charge in [-0.1, -0.05) is 30.7 Å². The van der Waals surface area contributed by atoms with Gasteiger partial charge in [0.25, 0.3) is 0 Å². The number of hydrogen-bond acceptors (Lipinski definition) is 0. The minimum absolute atomic E-state index is 0.909. The lowest BCUT2D eigenvalue weighted by Crippen LogP contribution is -2.06. The van der Waals surface area contributed by atoms with Gasteiger partial charge in [0.15, 0.2) is 0 Å². The van der Waals surface area contributed by atoms with E-state index in [-0.39, 0.29) is 0 Å². The van der Waals surface area contributed by atoms with E-state index >= 15 is 0 Å². The molecule has 0 saturated heterocycles. The van der Waals surface area contributed by atoms with Crippen molar-refractivity contribution in [3.63, 3.8) is 0 Å². The van der Waals surface area contributed by atoms with E-state index in [4.69, 9.17) is 0 Å². The van der Waals surface area contributed by atoms with E-state index < -0.39 is 0 Å². The van der Waals surface area contributed by atoms with Crippen molar-refractivity contribution in [3.8, 4) is 0 Å². The van der Waals surface area contributed by atoms with E-state index in [1.54, 1.807) is 5.57 Å². The van der Waals surface area contributed by atoms with Crippen LogP contribution in [0.4, 0.5) is 0 Å². The van der Waals surface area contributed by atoms with Crippen LogP contribution in [0.15, 0.2) is 11.4 Å². The Bertz CT molecular complexity index is 121. The van der Waals surface area contributed by atoms with Gasteiger partial charge in [0.2, 0.25) is 0 Å². The highest BCUT2D eigenvalue weighted by Gasteiger charge is 2.13. The van der Waals surface area contributed by atoms with Crippen LogP contribution in [0, 0.1) is 5.92 Å². The largest absolute Gasteiger partial charge is 0.114 e. The molecule has 0 amide bonds. The summed E-state index contributed by atoms with van der Waals surface area (Å²) in [4.78, 5) is 0. The highest BCUT2D eigenvalue weighted by atomic mass is 31.0. The fourth-order valence-electron chi connectivity index (χ4n) is 1.69. The van der Waals surface area contributed by atoms with E-state index in [2.05, 4.69) is 22.0 Å². The molecule has 1 aliphatic rings. The van der Waals surface area contributed by atoms with E-state index in [9.17, 15) is 0 Å². The summed E-state index contributed by atoms with van der Waals surface area (Å²) in [6.07, 6.45) is 7.20. The topological polar surface area (TPSA) is 0 Å². The maximum absolute atomic E-state index is 2.70. The third kappa shape index (κ3) is 2.09. The SMILES string of the molecule is CC(=CP)C1CCCCC1. The van der Waals surface area contributed by atoms with Crippen LogP contribution < -0.4 is 0 Å². The van der Waals surface area contributed by atoms with Crippen molar-refractivity contribution in [2.24, 2.45) is 5.92 Å². The van der Waals surface area contributed by atoms with Crippen LogP contribution in [-0.4, -0.2) is 0 Å². The Morgan fingerprint density at radius 2 is 1.90 bits per heavy atom. The Morgan fingerprint density at radius 3 is 2.40 bits per heavy atom. The highest BCUT2D eigenvalue weighted by molar-refractivity contribution is 7.20. The molecule has 0 N–H and O–H groups in total. The van der Waals surface area contributed by atoms with Crippen molar-refractivity contribution in [1.29, 1.82) is 0 Å². The van der Waals surface area contributed by atoms with Crippen LogP contribution in [0.5, 0.6) is 0 Å². The monoisotopic (exact) mass is 156 g/mol. The maximum Gasteiger partial charge on any atom is -0.0203 e. The third-order valence-corrected chi connectivity index (χ3v) is 3.04. The quantitative estimate of drug-likeness (QED) is 0.511. The molecule has 1 heteroatoms. The van der Waals surface area contributed by atoms with Gasteiger partial charge >= 0.3 is 0 Å². The minimum atomic E-state index is 0.909. The number of hydrogen-bond donors (Lipinski definition) is 0. The molecule has 0 radical (unpaired) electrons. The molecule has 1 atom stereocenters. The zero-order chi connectivity index (χ0) is 7.40. The second kappa shape index (κ2) is 4.13. The van der Waals surface area contributed by atoms with Gasteiger partial charge in [0.1, 0.15) is 0 Å². The molecule has 1 rings (SSSR count). The van der Waals surface area contributed by atoms with Crippen LogP contribution in [0.3, 0.4) is 0 Å². The molecule has 0 aromatic rings. The summed E-state index contributed by atoms with van der Waals surface area (Å²) in [5.74, 6) is 3.10. The Labute approximate surface area is 66.3 Å². The lowest BCUT2D eigenvalue weighted by atomic mass is 9.85. The summed E-state index contributed by atoms with van der Waals surface area (Å²) in [5.41, 5.74) is 1.57. The van der Waals surface area contributed by atoms with Crippen molar-refractivity contribution in [1.82, 2.24) is 0 Å². The van der Waals surface area contributed by atoms with Gasteiger partial charge in [-0.05, 0) is 25.7 Å². The van der Waals surface area contributed by atoms with Crippen molar-refractivity contribution in [2.45, 2.75) is 39.0 Å². The first-order chi connectivity index (χ1) is 4.84. The first kappa shape index (κ1) is 8.27. The number of allylic oxidation sites excluding steroid dienone is 1. The molecule has 10 heavy (non-hydrogen) atoms. The summed E-state index contributed by atoms with van der Waals surface area (Å²) in [7, 11) is 2.70. The van der Waals surface area contributed by atoms with Gasteiger partial charge in [-0.3, -0.25) is 0 Å². The Morgan fingerprint density at radius 1 is 1.30 bits per heavy atom. The Kier molecular flexibility index (Phi) is 3.42. The fraction of sp³-hybridized carbons (Fsp3) is 0.778. The van der Waals surface area contributed by atoms with Gasteiger partial charge < -0.3 is 0 Å². The molecule has 1 aliphatic carbocycles. The second-order valence-electron chi connectivity index (χ2n) is 3.25. The van der Waals surface area contributed by atoms with Gasteiger partial charge in [0, 0.05) is 0 Å². The molecule has 0 aliphatic heterocycles. The molecular formula is C9H17P. The van der Waals surface area contributed by atoms with Crippen molar-refractivity contribution < 1.29 is 0 Å². The minimum Gasteiger partial charge on any atom is -0.114 e. The Balaban J connectivity index is 2.39. The molecule has 0 bridgehead atoms. The van der Waals surface area contributed by atoms with E-state index in [1.165, 1.54) is 32.1 Å². The average Bonchev–Trinajstić information content (AvgIpc) is 2.05. The van der Waals surface area contributed by atoms with Crippen molar-refractivity contribution in [2.75, 3.05) is 0 Å². The van der Waals surface area contributed by atoms with E-state index in [0.29, 0.717) is 0 Å². The summed E-state index contributed by atoms with van der Waals surface area (Å²) in [6.45, 7) is 2.25. The normalized spacial score (nSPS) is 23.2. The molecule has 58 valence electrons. The average molecular weight is 156 g/mol. The smallest absolute Gasteiger partial charge is 0.0203 e. The van der Waals surface area contributed by atoms with Gasteiger partial charge in [0.05, 0.1) is 0 Å². The zero-order valence-corrected chi connectivity index (χ0v) is 7.92. The molecule has 0 heterocycles. The van der Waals surface area contributed by atoms with Crippen LogP contribution in [0.2, 0.25) is 0 Å². The summed E-state index contributed by atoms with van der Waals surface area (Å²) >= 11 is 0. The van der Waals surface area contributed by atoms with Gasteiger partial charge in [-0.15, -0.1) is 9.24 Å². The van der Waals surface area contributed by atoms with E-state index in [1.807, 2.05) is 0 Å². The third-order valence-electron chi connectivity index (χ3n) is 2.51. The zero-order valence-electron chi connectivity index (χ0n) is 6.77. The molecule has 1 fully saturated rings. The van der Waals surface area contributed by atoms with Gasteiger partial charge in [-0.2, -0.15) is 0 Å². The molecule has 0 aromatic heterocycles. The standard InChI is InChI=1S/C9H17P/c1-8(7-10)9-5-3-2-4-6-9/h7,9H,2-6,10H2,1H3. The predicted molar refractivity (Wildman–Crippen MR) is 50.0 cm³/mol. The van der Waals surface area contributed by atoms with Crippen LogP contribution in [0.1, 0.15) is 39.0 Å². The molecule has 1 saturated carbocycles. The van der Waals surface area contributed by atoms with Gasteiger partial charge in [-0.25, -0.2) is 0 Å². The van der Waals surface area contributed by atoms with Crippen LogP contribution in [0.25, 0.3) is 0 Å². The lowest BCUT2D eigenvalue weighted by molar-refractivity contribution is 0.403. The molecular weight excluding hydrogens is 139 g/mol. The maximum atomic E-state index is 2.70. The highest BCUT2D eigenvalue weighted by Crippen LogP contribution is 2.29. The molecule has 0 aromatic carbocycles. The fourth-order valence-corrected chi connectivity index (χ4v) is 1.97. The second-order valence-corrected chi connectivity index (χ2v) is 3.58. The van der Waals surface area contributed by atoms with E-state index in [0.717, 1.165) is 5.92 Å². The molecule has 0 nitrogen and oxygen atoms in total. The first-order valence-corrected chi connectivity index (χ1v) is 4.89. The van der Waals surface area contributed by atoms with Crippen LogP contribution in [-0.2, 0) is 0 Å². The molecule has 0 spiro atoms. The molecule has 1 unspecified atom stereocenters. The number of rotatable bonds is 1. The Hall–Kier alpha value is 0.170. The van der Waals surface area contributed by atoms with Crippen molar-refractivity contribution >= 4 is 9.24 Å². The van der Waals surface area contributed by atoms with Crippen molar-refractivity contribution in [3.05, 3.63) is 11.4 Å². The lowest BCUT2D eigenvalue weighted by Gasteiger charge is -2.21. The summed E-state index contributed by atoms with van der Waals surface area (Å²) in [5, 5.41) is 0. The summed E-state index contributed by atoms with van der Waals surface area (Å²) < 4.78 is 0. The van der Waals surface area contributed by atoms with Crippen LogP contribution >= 0.6 is 9.24 Å².